The first-order valence-corrected chi connectivity index (χ1v) is 5.98. The molecule has 0 aliphatic heterocycles. The van der Waals surface area contributed by atoms with Gasteiger partial charge in [-0.05, 0) is 18.6 Å². The van der Waals surface area contributed by atoms with Gasteiger partial charge < -0.3 is 9.84 Å². The minimum atomic E-state index is 0.570. The van der Waals surface area contributed by atoms with E-state index in [1.54, 1.807) is 4.68 Å². The lowest BCUT2D eigenvalue weighted by atomic mass is 10.2. The molecule has 0 unspecified atom stereocenters. The summed E-state index contributed by atoms with van der Waals surface area (Å²) in [6.07, 6.45) is 3.18. The molecular weight excluding hydrogens is 244 g/mol. The number of aromatic nitrogens is 5. The van der Waals surface area contributed by atoms with Crippen molar-refractivity contribution in [1.82, 2.24) is 30.2 Å². The molecule has 7 nitrogen and oxygen atoms in total. The van der Waals surface area contributed by atoms with E-state index in [1.807, 2.05) is 20.2 Å². The second kappa shape index (κ2) is 4.77. The molecule has 19 heavy (non-hydrogen) atoms. The normalized spacial score (nSPS) is 11.3. The van der Waals surface area contributed by atoms with Crippen LogP contribution in [0.3, 0.4) is 0 Å². The Morgan fingerprint density at radius 3 is 3.00 bits per heavy atom. The van der Waals surface area contributed by atoms with Gasteiger partial charge in [-0.25, -0.2) is 4.98 Å². The number of nitrogens with one attached hydrogen (secondary N) is 1. The number of nitrogens with zero attached hydrogens (tertiary/aromatic N) is 5. The van der Waals surface area contributed by atoms with Crippen LogP contribution in [0.1, 0.15) is 17.1 Å². The molecule has 0 aromatic carbocycles. The van der Waals surface area contributed by atoms with Crippen LogP contribution in [-0.4, -0.2) is 24.9 Å². The van der Waals surface area contributed by atoms with E-state index in [-0.39, 0.29) is 0 Å². The quantitative estimate of drug-likeness (QED) is 0.750. The maximum absolute atomic E-state index is 4.67. The molecule has 0 saturated carbocycles. The van der Waals surface area contributed by atoms with Gasteiger partial charge in [0, 0.05) is 25.2 Å². The Labute approximate surface area is 109 Å². The Morgan fingerprint density at radius 2 is 2.21 bits per heavy atom. The zero-order chi connectivity index (χ0) is 13.2. The fourth-order valence-electron chi connectivity index (χ4n) is 2.04. The van der Waals surface area contributed by atoms with Gasteiger partial charge in [0.2, 0.25) is 6.39 Å². The Morgan fingerprint density at radius 1 is 1.32 bits per heavy atom. The average molecular weight is 258 g/mol. The summed E-state index contributed by atoms with van der Waals surface area (Å²) >= 11 is 0. The van der Waals surface area contributed by atoms with Gasteiger partial charge >= 0.3 is 0 Å². The SMILES string of the molecule is Cc1nn(C)c2ncc(CNCc3ncon3)cc12. The van der Waals surface area contributed by atoms with Crippen LogP contribution in [0.2, 0.25) is 0 Å². The third kappa shape index (κ3) is 2.32. The molecule has 3 heterocycles. The van der Waals surface area contributed by atoms with Crippen molar-refractivity contribution in [3.63, 3.8) is 0 Å². The standard InChI is InChI=1S/C12H14N6O/c1-8-10-3-9(5-14-12(10)18(2)16-8)4-13-6-11-15-7-19-17-11/h3,5,7,13H,4,6H2,1-2H3. The molecule has 1 N–H and O–H groups in total. The van der Waals surface area contributed by atoms with Gasteiger partial charge in [-0.1, -0.05) is 5.16 Å². The molecule has 3 rings (SSSR count). The van der Waals surface area contributed by atoms with E-state index < -0.39 is 0 Å². The van der Waals surface area contributed by atoms with Crippen LogP contribution >= 0.6 is 0 Å². The molecule has 0 spiro atoms. The molecule has 0 aliphatic carbocycles. The summed E-state index contributed by atoms with van der Waals surface area (Å²) in [5, 5.41) is 12.4. The number of hydrogen-bond acceptors (Lipinski definition) is 6. The van der Waals surface area contributed by atoms with Crippen molar-refractivity contribution in [3.05, 3.63) is 35.7 Å². The first kappa shape index (κ1) is 11.8. The summed E-state index contributed by atoms with van der Waals surface area (Å²) < 4.78 is 6.46. The van der Waals surface area contributed by atoms with Crippen LogP contribution in [0.5, 0.6) is 0 Å². The second-order valence-corrected chi connectivity index (χ2v) is 4.37. The van der Waals surface area contributed by atoms with E-state index in [0.29, 0.717) is 18.9 Å². The average Bonchev–Trinajstić information content (AvgIpc) is 3.00. The number of fused-ring (bicyclic) bond motifs is 1. The molecule has 0 amide bonds. The van der Waals surface area contributed by atoms with E-state index in [0.717, 1.165) is 22.3 Å². The number of hydrogen-bond donors (Lipinski definition) is 1. The number of rotatable bonds is 4. The molecule has 0 bridgehead atoms. The lowest BCUT2D eigenvalue weighted by Gasteiger charge is -2.02. The van der Waals surface area contributed by atoms with Crippen molar-refractivity contribution < 1.29 is 4.52 Å². The van der Waals surface area contributed by atoms with Crippen LogP contribution in [-0.2, 0) is 20.1 Å². The largest absolute Gasteiger partial charge is 0.343 e. The Bertz CT molecular complexity index is 688. The summed E-state index contributed by atoms with van der Waals surface area (Å²) in [7, 11) is 1.90. The molecule has 0 saturated heterocycles. The molecule has 3 aromatic heterocycles. The van der Waals surface area contributed by atoms with Gasteiger partial charge in [-0.2, -0.15) is 10.1 Å². The van der Waals surface area contributed by atoms with Crippen molar-refractivity contribution in [2.24, 2.45) is 7.05 Å². The van der Waals surface area contributed by atoms with Gasteiger partial charge in [-0.15, -0.1) is 0 Å². The Balaban J connectivity index is 1.73. The summed E-state index contributed by atoms with van der Waals surface area (Å²) in [5.41, 5.74) is 3.00. The molecule has 3 aromatic rings. The molecule has 0 aliphatic rings. The van der Waals surface area contributed by atoms with Gasteiger partial charge in [0.25, 0.3) is 0 Å². The third-order valence-electron chi connectivity index (χ3n) is 2.94. The van der Waals surface area contributed by atoms with E-state index >= 15 is 0 Å². The lowest BCUT2D eigenvalue weighted by Crippen LogP contribution is -2.13. The van der Waals surface area contributed by atoms with Gasteiger partial charge in [0.1, 0.15) is 0 Å². The number of pyridine rings is 1. The summed E-state index contributed by atoms with van der Waals surface area (Å²) in [5.74, 6) is 0.645. The molecule has 98 valence electrons. The first-order valence-electron chi connectivity index (χ1n) is 5.98. The first-order chi connectivity index (χ1) is 9.24. The van der Waals surface area contributed by atoms with Crippen molar-refractivity contribution in [2.75, 3.05) is 0 Å². The van der Waals surface area contributed by atoms with Crippen molar-refractivity contribution in [2.45, 2.75) is 20.0 Å². The maximum atomic E-state index is 4.67. The minimum Gasteiger partial charge on any atom is -0.343 e. The fourth-order valence-corrected chi connectivity index (χ4v) is 2.04. The summed E-state index contributed by atoms with van der Waals surface area (Å²) in [6.45, 7) is 3.26. The van der Waals surface area contributed by atoms with Crippen LogP contribution in [0, 0.1) is 6.92 Å². The molecule has 0 atom stereocenters. The molecule has 7 heteroatoms. The van der Waals surface area contributed by atoms with E-state index in [1.165, 1.54) is 6.39 Å². The second-order valence-electron chi connectivity index (χ2n) is 4.37. The monoisotopic (exact) mass is 258 g/mol. The van der Waals surface area contributed by atoms with Crippen molar-refractivity contribution >= 4 is 11.0 Å². The highest BCUT2D eigenvalue weighted by Gasteiger charge is 2.07. The highest BCUT2D eigenvalue weighted by Crippen LogP contribution is 2.16. The third-order valence-corrected chi connectivity index (χ3v) is 2.94. The molecule has 0 fully saturated rings. The smallest absolute Gasteiger partial charge is 0.213 e. The van der Waals surface area contributed by atoms with E-state index in [2.05, 4.69) is 36.1 Å². The van der Waals surface area contributed by atoms with Crippen LogP contribution in [0.15, 0.2) is 23.2 Å². The fraction of sp³-hybridized carbons (Fsp3) is 0.333. The Kier molecular flexibility index (Phi) is 2.96. The predicted molar refractivity (Wildman–Crippen MR) is 68.1 cm³/mol. The predicted octanol–water partition coefficient (Wildman–Crippen LogP) is 0.950. The highest BCUT2D eigenvalue weighted by atomic mass is 16.5. The summed E-state index contributed by atoms with van der Waals surface area (Å²) in [4.78, 5) is 8.37. The molecular formula is C12H14N6O. The van der Waals surface area contributed by atoms with Gasteiger partial charge in [0.05, 0.1) is 12.2 Å². The van der Waals surface area contributed by atoms with Crippen LogP contribution in [0.25, 0.3) is 11.0 Å². The van der Waals surface area contributed by atoms with Crippen molar-refractivity contribution in [3.8, 4) is 0 Å². The zero-order valence-electron chi connectivity index (χ0n) is 10.8. The van der Waals surface area contributed by atoms with Crippen LogP contribution < -0.4 is 5.32 Å². The maximum Gasteiger partial charge on any atom is 0.213 e. The number of aryl methyl sites for hydroxylation is 2. The van der Waals surface area contributed by atoms with E-state index in [9.17, 15) is 0 Å². The van der Waals surface area contributed by atoms with Gasteiger partial charge in [-0.3, -0.25) is 4.68 Å². The van der Waals surface area contributed by atoms with Crippen molar-refractivity contribution in [1.29, 1.82) is 0 Å². The minimum absolute atomic E-state index is 0.570. The van der Waals surface area contributed by atoms with Gasteiger partial charge in [0.15, 0.2) is 11.5 Å². The highest BCUT2D eigenvalue weighted by molar-refractivity contribution is 5.78. The lowest BCUT2D eigenvalue weighted by molar-refractivity contribution is 0.407. The Hall–Kier alpha value is -2.28. The zero-order valence-corrected chi connectivity index (χ0v) is 10.8. The molecule has 0 radical (unpaired) electrons. The summed E-state index contributed by atoms with van der Waals surface area (Å²) in [6, 6.07) is 2.11. The van der Waals surface area contributed by atoms with E-state index in [4.69, 9.17) is 0 Å². The topological polar surface area (TPSA) is 81.7 Å². The van der Waals surface area contributed by atoms with Crippen LogP contribution in [0.4, 0.5) is 0 Å².